The van der Waals surface area contributed by atoms with Gasteiger partial charge in [-0.1, -0.05) is 18.2 Å². The molecule has 3 aromatic rings. The van der Waals surface area contributed by atoms with Gasteiger partial charge in [0.15, 0.2) is 32.9 Å². The molecular weight excluding hydrogens is 466 g/mol. The molecule has 0 bridgehead atoms. The third-order valence-corrected chi connectivity index (χ3v) is 6.77. The lowest BCUT2D eigenvalue weighted by Crippen LogP contribution is -2.09. The van der Waals surface area contributed by atoms with E-state index in [-0.39, 0.29) is 16.2 Å². The van der Waals surface area contributed by atoms with Crippen LogP contribution in [0.5, 0.6) is 23.0 Å². The molecule has 0 saturated heterocycles. The molecule has 0 N–H and O–H groups in total. The first-order chi connectivity index (χ1) is 16.2. The van der Waals surface area contributed by atoms with E-state index in [1.807, 2.05) is 0 Å². The van der Waals surface area contributed by atoms with Gasteiger partial charge in [0.1, 0.15) is 5.82 Å². The van der Waals surface area contributed by atoms with Crippen LogP contribution in [0, 0.1) is 11.6 Å². The molecule has 0 saturated carbocycles. The SMILES string of the molecule is COc1ccc(/C=C\c2cc(OC)c(OC)c(OC)c2)c(CS(=O)(=O)c2ccc(F)cc2)c1F. The van der Waals surface area contributed by atoms with E-state index in [0.717, 1.165) is 24.3 Å². The molecule has 0 radical (unpaired) electrons. The van der Waals surface area contributed by atoms with E-state index in [1.54, 1.807) is 30.4 Å². The maximum absolute atomic E-state index is 15.2. The Morgan fingerprint density at radius 3 is 1.88 bits per heavy atom. The second-order valence-electron chi connectivity index (χ2n) is 7.15. The molecule has 0 aliphatic carbocycles. The normalized spacial score (nSPS) is 11.5. The zero-order chi connectivity index (χ0) is 24.9. The van der Waals surface area contributed by atoms with E-state index >= 15 is 4.39 Å². The van der Waals surface area contributed by atoms with Gasteiger partial charge in [0.25, 0.3) is 0 Å². The second-order valence-corrected chi connectivity index (χ2v) is 9.14. The average Bonchev–Trinajstić information content (AvgIpc) is 2.83. The summed E-state index contributed by atoms with van der Waals surface area (Å²) in [6.07, 6.45) is 3.25. The van der Waals surface area contributed by atoms with Crippen molar-refractivity contribution in [3.63, 3.8) is 0 Å². The Morgan fingerprint density at radius 2 is 1.35 bits per heavy atom. The van der Waals surface area contributed by atoms with Crippen molar-refractivity contribution >= 4 is 22.0 Å². The molecule has 3 aromatic carbocycles. The Morgan fingerprint density at radius 1 is 0.765 bits per heavy atom. The summed E-state index contributed by atoms with van der Waals surface area (Å²) in [6.45, 7) is 0. The quantitative estimate of drug-likeness (QED) is 0.305. The number of methoxy groups -OCH3 is 4. The molecule has 9 heteroatoms. The molecule has 180 valence electrons. The van der Waals surface area contributed by atoms with Crippen LogP contribution in [0.4, 0.5) is 8.78 Å². The summed E-state index contributed by atoms with van der Waals surface area (Å²) in [5.41, 5.74) is 0.906. The van der Waals surface area contributed by atoms with Crippen molar-refractivity contribution in [3.8, 4) is 23.0 Å². The van der Waals surface area contributed by atoms with E-state index in [1.165, 1.54) is 34.5 Å². The Bertz CT molecular complexity index is 1280. The molecule has 0 aliphatic rings. The monoisotopic (exact) mass is 490 g/mol. The third-order valence-electron chi connectivity index (χ3n) is 5.11. The van der Waals surface area contributed by atoms with Gasteiger partial charge in [0.2, 0.25) is 5.75 Å². The maximum atomic E-state index is 15.2. The average molecular weight is 491 g/mol. The molecule has 0 heterocycles. The van der Waals surface area contributed by atoms with Gasteiger partial charge in [0, 0.05) is 5.56 Å². The summed E-state index contributed by atoms with van der Waals surface area (Å²) in [5.74, 6) is -0.807. The van der Waals surface area contributed by atoms with Crippen LogP contribution in [0.15, 0.2) is 53.4 Å². The molecule has 0 unspecified atom stereocenters. The van der Waals surface area contributed by atoms with Crippen molar-refractivity contribution in [3.05, 3.63) is 76.9 Å². The number of benzene rings is 3. The van der Waals surface area contributed by atoms with Crippen LogP contribution in [0.1, 0.15) is 16.7 Å². The largest absolute Gasteiger partial charge is 0.494 e. The van der Waals surface area contributed by atoms with Crippen LogP contribution >= 0.6 is 0 Å². The van der Waals surface area contributed by atoms with Crippen LogP contribution in [-0.2, 0) is 15.6 Å². The van der Waals surface area contributed by atoms with Crippen molar-refractivity contribution < 1.29 is 36.1 Å². The Kier molecular flexibility index (Phi) is 7.78. The number of sulfone groups is 1. The highest BCUT2D eigenvalue weighted by atomic mass is 32.2. The standard InChI is InChI=1S/C25H24F2O6S/c1-30-21-12-7-17(6-5-16-13-22(31-2)25(33-4)23(14-16)32-3)20(24(21)27)15-34(28,29)19-10-8-18(26)9-11-19/h5-14H,15H2,1-4H3/b6-5-. The van der Waals surface area contributed by atoms with E-state index in [0.29, 0.717) is 28.4 Å². The number of ether oxygens (including phenoxy) is 4. The molecule has 0 amide bonds. The van der Waals surface area contributed by atoms with Crippen LogP contribution in [0.25, 0.3) is 12.2 Å². The molecular formula is C25H24F2O6S. The maximum Gasteiger partial charge on any atom is 0.203 e. The first-order valence-electron chi connectivity index (χ1n) is 10.1. The molecule has 0 fully saturated rings. The Hall–Kier alpha value is -3.59. The van der Waals surface area contributed by atoms with Gasteiger partial charge in [-0.05, 0) is 53.6 Å². The number of rotatable bonds is 9. The fourth-order valence-corrected chi connectivity index (χ4v) is 4.76. The highest BCUT2D eigenvalue weighted by molar-refractivity contribution is 7.90. The van der Waals surface area contributed by atoms with E-state index in [2.05, 4.69) is 0 Å². The fourth-order valence-electron chi connectivity index (χ4n) is 3.37. The summed E-state index contributed by atoms with van der Waals surface area (Å²) < 4.78 is 75.3. The smallest absolute Gasteiger partial charge is 0.203 e. The van der Waals surface area contributed by atoms with Gasteiger partial charge in [-0.25, -0.2) is 17.2 Å². The fraction of sp³-hybridized carbons (Fsp3) is 0.200. The molecule has 34 heavy (non-hydrogen) atoms. The van der Waals surface area contributed by atoms with Crippen molar-refractivity contribution in [2.75, 3.05) is 28.4 Å². The Balaban J connectivity index is 2.05. The lowest BCUT2D eigenvalue weighted by Gasteiger charge is -2.13. The summed E-state index contributed by atoms with van der Waals surface area (Å²) in [4.78, 5) is -0.115. The van der Waals surface area contributed by atoms with Crippen molar-refractivity contribution in [2.45, 2.75) is 10.6 Å². The van der Waals surface area contributed by atoms with Crippen molar-refractivity contribution in [1.82, 2.24) is 0 Å². The molecule has 0 aromatic heterocycles. The minimum absolute atomic E-state index is 0.0765. The van der Waals surface area contributed by atoms with Gasteiger partial charge >= 0.3 is 0 Å². The summed E-state index contributed by atoms with van der Waals surface area (Å²) in [6, 6.07) is 10.8. The van der Waals surface area contributed by atoms with E-state index in [4.69, 9.17) is 18.9 Å². The molecule has 6 nitrogen and oxygen atoms in total. The van der Waals surface area contributed by atoms with Gasteiger partial charge in [-0.15, -0.1) is 0 Å². The number of halogens is 2. The zero-order valence-corrected chi connectivity index (χ0v) is 19.9. The minimum atomic E-state index is -3.97. The van der Waals surface area contributed by atoms with Gasteiger partial charge in [-0.3, -0.25) is 0 Å². The van der Waals surface area contributed by atoms with Gasteiger partial charge < -0.3 is 18.9 Å². The molecule has 0 spiro atoms. The summed E-state index contributed by atoms with van der Waals surface area (Å²) >= 11 is 0. The Labute approximate surface area is 197 Å². The van der Waals surface area contributed by atoms with Crippen LogP contribution in [-0.4, -0.2) is 36.9 Å². The highest BCUT2D eigenvalue weighted by Gasteiger charge is 2.22. The number of hydrogen-bond donors (Lipinski definition) is 0. The first kappa shape index (κ1) is 25.0. The predicted molar refractivity (Wildman–Crippen MR) is 125 cm³/mol. The van der Waals surface area contributed by atoms with E-state index in [9.17, 15) is 12.8 Å². The van der Waals surface area contributed by atoms with Gasteiger partial charge in [-0.2, -0.15) is 0 Å². The van der Waals surface area contributed by atoms with Crippen molar-refractivity contribution in [1.29, 1.82) is 0 Å². The summed E-state index contributed by atoms with van der Waals surface area (Å²) in [5, 5.41) is 0. The zero-order valence-electron chi connectivity index (χ0n) is 19.1. The predicted octanol–water partition coefficient (Wildman–Crippen LogP) is 5.14. The second kappa shape index (κ2) is 10.6. The topological polar surface area (TPSA) is 71.1 Å². The molecule has 0 atom stereocenters. The lowest BCUT2D eigenvalue weighted by molar-refractivity contribution is 0.324. The third kappa shape index (κ3) is 5.31. The first-order valence-corrected chi connectivity index (χ1v) is 11.7. The van der Waals surface area contributed by atoms with Crippen LogP contribution in [0.2, 0.25) is 0 Å². The van der Waals surface area contributed by atoms with E-state index < -0.39 is 27.2 Å². The van der Waals surface area contributed by atoms with Crippen LogP contribution < -0.4 is 18.9 Å². The van der Waals surface area contributed by atoms with Gasteiger partial charge in [0.05, 0.1) is 39.1 Å². The van der Waals surface area contributed by atoms with Crippen molar-refractivity contribution in [2.24, 2.45) is 0 Å². The van der Waals surface area contributed by atoms with Crippen LogP contribution in [0.3, 0.4) is 0 Å². The molecule has 0 aliphatic heterocycles. The summed E-state index contributed by atoms with van der Waals surface area (Å²) in [7, 11) is 1.79. The highest BCUT2D eigenvalue weighted by Crippen LogP contribution is 2.39. The molecule has 3 rings (SSSR count). The lowest BCUT2D eigenvalue weighted by atomic mass is 10.1. The minimum Gasteiger partial charge on any atom is -0.494 e. The number of hydrogen-bond acceptors (Lipinski definition) is 6.